The number of pyridine rings is 1. The molecule has 5 heteroatoms. The van der Waals surface area contributed by atoms with Crippen LogP contribution in [0.1, 0.15) is 30.4 Å². The van der Waals surface area contributed by atoms with E-state index in [0.717, 1.165) is 49.8 Å². The molecule has 0 saturated carbocycles. The van der Waals surface area contributed by atoms with Gasteiger partial charge in [-0.3, -0.25) is 0 Å². The summed E-state index contributed by atoms with van der Waals surface area (Å²) < 4.78 is 0. The Kier molecular flexibility index (Phi) is 7.44. The Morgan fingerprint density at radius 2 is 1.77 bits per heavy atom. The minimum absolute atomic E-state index is 0.116. The summed E-state index contributed by atoms with van der Waals surface area (Å²) in [6.07, 6.45) is 7.68. The number of hydrogen-bond acceptors (Lipinski definition) is 4. The maximum Gasteiger partial charge on any atom is 0.134 e. The first-order valence-corrected chi connectivity index (χ1v) is 11.5. The van der Waals surface area contributed by atoms with Crippen molar-refractivity contribution in [2.45, 2.75) is 32.1 Å². The summed E-state index contributed by atoms with van der Waals surface area (Å²) in [5, 5.41) is 16.8. The van der Waals surface area contributed by atoms with Gasteiger partial charge in [-0.1, -0.05) is 41.9 Å². The summed E-state index contributed by atoms with van der Waals surface area (Å²) in [7, 11) is 0. The number of phenolic OH excluding ortho intramolecular Hbond substituents is 1. The van der Waals surface area contributed by atoms with Gasteiger partial charge >= 0.3 is 0 Å². The number of phenols is 1. The molecule has 2 heterocycles. The van der Waals surface area contributed by atoms with Crippen molar-refractivity contribution in [2.24, 2.45) is 5.92 Å². The van der Waals surface area contributed by atoms with E-state index in [9.17, 15) is 5.11 Å². The number of aromatic nitrogens is 1. The molecule has 0 bridgehead atoms. The Morgan fingerprint density at radius 3 is 2.61 bits per heavy atom. The van der Waals surface area contributed by atoms with Gasteiger partial charge in [0.15, 0.2) is 0 Å². The third-order valence-corrected chi connectivity index (χ3v) is 6.35. The van der Waals surface area contributed by atoms with Crippen molar-refractivity contribution in [2.75, 3.05) is 25.0 Å². The van der Waals surface area contributed by atoms with Gasteiger partial charge in [-0.2, -0.15) is 0 Å². The zero-order valence-corrected chi connectivity index (χ0v) is 18.5. The van der Waals surface area contributed by atoms with Crippen molar-refractivity contribution in [3.8, 4) is 16.9 Å². The molecule has 31 heavy (non-hydrogen) atoms. The molecule has 4 rings (SSSR count). The topological polar surface area (TPSA) is 57.2 Å². The van der Waals surface area contributed by atoms with Crippen LogP contribution in [0.15, 0.2) is 60.8 Å². The van der Waals surface area contributed by atoms with Crippen LogP contribution in [0.3, 0.4) is 0 Å². The largest absolute Gasteiger partial charge is 0.506 e. The lowest BCUT2D eigenvalue weighted by molar-refractivity contribution is 0.354. The Hall–Kier alpha value is -2.56. The predicted octanol–water partition coefficient (Wildman–Crippen LogP) is 5.69. The van der Waals surface area contributed by atoms with E-state index in [2.05, 4.69) is 52.0 Å². The van der Waals surface area contributed by atoms with Crippen molar-refractivity contribution in [1.82, 2.24) is 10.3 Å². The fourth-order valence-corrected chi connectivity index (χ4v) is 4.40. The zero-order chi connectivity index (χ0) is 21.5. The van der Waals surface area contributed by atoms with Gasteiger partial charge in [0, 0.05) is 12.7 Å². The smallest absolute Gasteiger partial charge is 0.134 e. The molecule has 162 valence electrons. The molecule has 3 N–H and O–H groups in total. The molecule has 0 radical (unpaired) electrons. The first-order chi connectivity index (χ1) is 15.2. The third-order valence-electron chi connectivity index (χ3n) is 6.05. The number of aromatic hydroxyl groups is 1. The van der Waals surface area contributed by atoms with Gasteiger partial charge in [-0.25, -0.2) is 4.98 Å². The van der Waals surface area contributed by atoms with E-state index in [4.69, 9.17) is 11.6 Å². The molecule has 1 aliphatic rings. The van der Waals surface area contributed by atoms with Crippen LogP contribution in [0.2, 0.25) is 5.02 Å². The van der Waals surface area contributed by atoms with Crippen molar-refractivity contribution in [3.05, 3.63) is 76.9 Å². The first-order valence-electron chi connectivity index (χ1n) is 11.1. The molecular weight excluding hydrogens is 406 g/mol. The molecule has 3 aromatic rings. The molecule has 1 aliphatic heterocycles. The zero-order valence-electron chi connectivity index (χ0n) is 17.8. The summed E-state index contributed by atoms with van der Waals surface area (Å²) in [4.78, 5) is 4.46. The van der Waals surface area contributed by atoms with Crippen LogP contribution in [0, 0.1) is 5.92 Å². The number of benzene rings is 2. The van der Waals surface area contributed by atoms with Crippen LogP contribution in [0.25, 0.3) is 11.1 Å². The second-order valence-corrected chi connectivity index (χ2v) is 8.73. The molecule has 2 aromatic carbocycles. The Bertz CT molecular complexity index is 1000. The highest BCUT2D eigenvalue weighted by Gasteiger charge is 2.13. The molecule has 1 saturated heterocycles. The maximum atomic E-state index is 9.55. The lowest BCUT2D eigenvalue weighted by Gasteiger charge is -2.22. The van der Waals surface area contributed by atoms with Gasteiger partial charge in [-0.05, 0) is 97.6 Å². The van der Waals surface area contributed by atoms with Crippen molar-refractivity contribution >= 4 is 17.4 Å². The molecule has 0 atom stereocenters. The normalized spacial score (nSPS) is 14.5. The van der Waals surface area contributed by atoms with Gasteiger partial charge in [0.1, 0.15) is 11.6 Å². The molecule has 0 spiro atoms. The molecule has 0 aliphatic carbocycles. The number of nitrogens with zero attached hydrogens (tertiary/aromatic N) is 1. The van der Waals surface area contributed by atoms with Gasteiger partial charge in [-0.15, -0.1) is 0 Å². The van der Waals surface area contributed by atoms with E-state index < -0.39 is 0 Å². The monoisotopic (exact) mass is 435 g/mol. The number of piperidine rings is 1. The maximum absolute atomic E-state index is 9.55. The van der Waals surface area contributed by atoms with E-state index in [1.807, 2.05) is 12.3 Å². The van der Waals surface area contributed by atoms with Crippen LogP contribution < -0.4 is 10.6 Å². The number of hydrogen-bond donors (Lipinski definition) is 3. The quantitative estimate of drug-likeness (QED) is 0.425. The summed E-state index contributed by atoms with van der Waals surface area (Å²) in [6.45, 7) is 3.07. The lowest BCUT2D eigenvalue weighted by atomic mass is 9.91. The summed E-state index contributed by atoms with van der Waals surface area (Å²) in [6, 6.07) is 18.4. The standard InChI is InChI=1S/C26H30ClN3O/c27-24-17-21(6-7-25(24)31)10-14-29-26-18-23(11-15-30-26)22-3-1-2-20(16-22)5-4-19-8-12-28-13-9-19/h1-3,6-7,11,15-19,28,31H,4-5,8-10,12-14H2,(H,29,30). The van der Waals surface area contributed by atoms with Crippen LogP contribution in [0.5, 0.6) is 5.75 Å². The fraction of sp³-hybridized carbons (Fsp3) is 0.346. The van der Waals surface area contributed by atoms with Crippen LogP contribution in [-0.2, 0) is 12.8 Å². The second kappa shape index (κ2) is 10.7. The Morgan fingerprint density at radius 1 is 0.968 bits per heavy atom. The van der Waals surface area contributed by atoms with Crippen molar-refractivity contribution < 1.29 is 5.11 Å². The van der Waals surface area contributed by atoms with Crippen LogP contribution >= 0.6 is 11.6 Å². The molecule has 1 aromatic heterocycles. The van der Waals surface area contributed by atoms with E-state index >= 15 is 0 Å². The number of nitrogens with one attached hydrogen (secondary N) is 2. The lowest BCUT2D eigenvalue weighted by Crippen LogP contribution is -2.27. The molecule has 4 nitrogen and oxygen atoms in total. The number of halogens is 1. The first kappa shape index (κ1) is 21.7. The van der Waals surface area contributed by atoms with Crippen molar-refractivity contribution in [1.29, 1.82) is 0 Å². The molecule has 1 fully saturated rings. The van der Waals surface area contributed by atoms with Gasteiger partial charge < -0.3 is 15.7 Å². The van der Waals surface area contributed by atoms with Gasteiger partial charge in [0.25, 0.3) is 0 Å². The second-order valence-electron chi connectivity index (χ2n) is 8.32. The van der Waals surface area contributed by atoms with E-state index in [1.54, 1.807) is 12.1 Å². The summed E-state index contributed by atoms with van der Waals surface area (Å²) in [5.41, 5.74) is 4.90. The Labute approximate surface area is 189 Å². The SMILES string of the molecule is Oc1ccc(CCNc2cc(-c3cccc(CCC4CCNCC4)c3)ccn2)cc1Cl. The molecular formula is C26H30ClN3O. The highest BCUT2D eigenvalue weighted by Crippen LogP contribution is 2.26. The van der Waals surface area contributed by atoms with E-state index in [-0.39, 0.29) is 5.75 Å². The van der Waals surface area contributed by atoms with Crippen LogP contribution in [0.4, 0.5) is 5.82 Å². The van der Waals surface area contributed by atoms with E-state index in [0.29, 0.717) is 5.02 Å². The average molecular weight is 436 g/mol. The van der Waals surface area contributed by atoms with Gasteiger partial charge in [0.2, 0.25) is 0 Å². The van der Waals surface area contributed by atoms with Gasteiger partial charge in [0.05, 0.1) is 5.02 Å². The number of anilines is 1. The third kappa shape index (κ3) is 6.22. The summed E-state index contributed by atoms with van der Waals surface area (Å²) in [5.74, 6) is 1.83. The number of rotatable bonds is 8. The average Bonchev–Trinajstić information content (AvgIpc) is 2.81. The highest BCUT2D eigenvalue weighted by molar-refractivity contribution is 6.32. The minimum Gasteiger partial charge on any atom is -0.506 e. The summed E-state index contributed by atoms with van der Waals surface area (Å²) >= 11 is 5.99. The molecule has 0 amide bonds. The van der Waals surface area contributed by atoms with Crippen molar-refractivity contribution in [3.63, 3.8) is 0 Å². The molecule has 0 unspecified atom stereocenters. The Balaban J connectivity index is 1.35. The fourth-order valence-electron chi connectivity index (χ4n) is 4.20. The van der Waals surface area contributed by atoms with E-state index in [1.165, 1.54) is 36.0 Å². The number of aryl methyl sites for hydroxylation is 1. The predicted molar refractivity (Wildman–Crippen MR) is 129 cm³/mol. The van der Waals surface area contributed by atoms with Crippen LogP contribution in [-0.4, -0.2) is 29.7 Å². The highest BCUT2D eigenvalue weighted by atomic mass is 35.5. The minimum atomic E-state index is 0.116.